The Hall–Kier alpha value is -1.97. The average molecular weight is 504 g/mol. The van der Waals surface area contributed by atoms with Crippen molar-refractivity contribution in [3.05, 3.63) is 35.8 Å². The molecular formula is C21H31Cl2N5O3S. The van der Waals surface area contributed by atoms with Gasteiger partial charge in [0.1, 0.15) is 5.82 Å². The monoisotopic (exact) mass is 503 g/mol. The molecule has 0 fully saturated rings. The van der Waals surface area contributed by atoms with Gasteiger partial charge in [0.05, 0.1) is 4.90 Å². The van der Waals surface area contributed by atoms with Gasteiger partial charge >= 0.3 is 0 Å². The highest BCUT2D eigenvalue weighted by Crippen LogP contribution is 2.24. The third kappa shape index (κ3) is 6.52. The summed E-state index contributed by atoms with van der Waals surface area (Å²) in [5, 5.41) is 0. The van der Waals surface area contributed by atoms with E-state index in [1.807, 2.05) is 18.7 Å². The zero-order chi connectivity index (χ0) is 23.7. The number of hydrogen-bond donors (Lipinski definition) is 2. The molecule has 0 bridgehead atoms. The number of unbranched alkanes of at least 4 members (excludes halogenated alkanes) is 1. The molecule has 178 valence electrons. The Kier molecular flexibility index (Phi) is 10.1. The summed E-state index contributed by atoms with van der Waals surface area (Å²) >= 11 is 11.7. The number of hydrogen-bond acceptors (Lipinski definition) is 5. The molecule has 32 heavy (non-hydrogen) atoms. The molecule has 0 aliphatic rings. The quantitative estimate of drug-likeness (QED) is 0.380. The van der Waals surface area contributed by atoms with Crippen molar-refractivity contribution in [1.29, 1.82) is 0 Å². The van der Waals surface area contributed by atoms with Crippen molar-refractivity contribution in [3.63, 3.8) is 0 Å². The van der Waals surface area contributed by atoms with Crippen molar-refractivity contribution in [1.82, 2.24) is 9.55 Å². The SMILES string of the molecule is CCCCn1c(CCC)nc(NS(=O)(=O)c2ccc(N(CCCl)CCCl)cc2)c1C(N)=O. The first kappa shape index (κ1) is 26.3. The summed E-state index contributed by atoms with van der Waals surface area (Å²) < 4.78 is 30.3. The number of nitrogens with two attached hydrogens (primary N) is 1. The van der Waals surface area contributed by atoms with Crippen LogP contribution in [0.1, 0.15) is 49.4 Å². The number of benzene rings is 1. The number of imidazole rings is 1. The van der Waals surface area contributed by atoms with E-state index in [1.54, 1.807) is 16.7 Å². The number of aromatic nitrogens is 2. The zero-order valence-electron chi connectivity index (χ0n) is 18.5. The van der Waals surface area contributed by atoms with E-state index < -0.39 is 15.9 Å². The van der Waals surface area contributed by atoms with Crippen molar-refractivity contribution in [3.8, 4) is 0 Å². The number of alkyl halides is 2. The Morgan fingerprint density at radius 1 is 1.12 bits per heavy atom. The molecule has 1 amide bonds. The van der Waals surface area contributed by atoms with Gasteiger partial charge in [-0.25, -0.2) is 13.4 Å². The Balaban J connectivity index is 2.37. The summed E-state index contributed by atoms with van der Waals surface area (Å²) in [7, 11) is -3.98. The molecule has 2 aromatic rings. The van der Waals surface area contributed by atoms with E-state index in [4.69, 9.17) is 28.9 Å². The average Bonchev–Trinajstić information content (AvgIpc) is 3.08. The summed E-state index contributed by atoms with van der Waals surface area (Å²) in [6, 6.07) is 6.40. The highest BCUT2D eigenvalue weighted by molar-refractivity contribution is 7.92. The third-order valence-corrected chi connectivity index (χ3v) is 6.63. The number of rotatable bonds is 14. The van der Waals surface area contributed by atoms with Crippen LogP contribution in [0.4, 0.5) is 11.5 Å². The topological polar surface area (TPSA) is 110 Å². The van der Waals surface area contributed by atoms with Crippen LogP contribution in [0.25, 0.3) is 0 Å². The van der Waals surface area contributed by atoms with E-state index in [1.165, 1.54) is 12.1 Å². The molecular weight excluding hydrogens is 473 g/mol. The Morgan fingerprint density at radius 3 is 2.25 bits per heavy atom. The second-order valence-corrected chi connectivity index (χ2v) is 9.75. The van der Waals surface area contributed by atoms with Gasteiger partial charge in [-0.3, -0.25) is 9.52 Å². The van der Waals surface area contributed by atoms with Gasteiger partial charge in [-0.1, -0.05) is 20.3 Å². The first-order chi connectivity index (χ1) is 15.3. The third-order valence-electron chi connectivity index (χ3n) is 4.94. The van der Waals surface area contributed by atoms with E-state index in [9.17, 15) is 13.2 Å². The lowest BCUT2D eigenvalue weighted by atomic mass is 10.3. The van der Waals surface area contributed by atoms with Gasteiger partial charge in [0.2, 0.25) is 0 Å². The van der Waals surface area contributed by atoms with Crippen LogP contribution in [0.2, 0.25) is 0 Å². The highest BCUT2D eigenvalue weighted by Gasteiger charge is 2.25. The fourth-order valence-electron chi connectivity index (χ4n) is 3.39. The molecule has 2 rings (SSSR count). The smallest absolute Gasteiger partial charge is 0.269 e. The maximum atomic E-state index is 13.0. The maximum Gasteiger partial charge on any atom is 0.269 e. The standard InChI is InChI=1S/C21H31Cl2N5O3S/c1-3-5-13-28-18(6-4-2)25-21(19(28)20(24)29)26-32(30,31)17-9-7-16(8-10-17)27(14-11-22)15-12-23/h7-10,26H,3-6,11-15H2,1-2H3,(H2,24,29). The van der Waals surface area contributed by atoms with Gasteiger partial charge < -0.3 is 15.2 Å². The molecule has 0 aliphatic heterocycles. The number of aryl methyl sites for hydroxylation is 1. The fourth-order valence-corrected chi connectivity index (χ4v) is 4.81. The Bertz CT molecular complexity index is 988. The van der Waals surface area contributed by atoms with Crippen molar-refractivity contribution in [2.24, 2.45) is 5.73 Å². The molecule has 8 nitrogen and oxygen atoms in total. The van der Waals surface area contributed by atoms with E-state index in [-0.39, 0.29) is 16.4 Å². The summed E-state index contributed by atoms with van der Waals surface area (Å²) in [5.74, 6) is 0.735. The second-order valence-electron chi connectivity index (χ2n) is 7.31. The first-order valence-corrected chi connectivity index (χ1v) is 13.2. The van der Waals surface area contributed by atoms with Gasteiger partial charge in [-0.2, -0.15) is 0 Å². The Labute approximate surface area is 200 Å². The van der Waals surface area contributed by atoms with Crippen molar-refractivity contribution in [2.45, 2.75) is 51.0 Å². The second kappa shape index (κ2) is 12.3. The minimum absolute atomic E-state index is 0.0352. The molecule has 0 saturated heterocycles. The lowest BCUT2D eigenvalue weighted by Gasteiger charge is -2.23. The molecule has 0 atom stereocenters. The number of sulfonamides is 1. The van der Waals surface area contributed by atoms with Crippen molar-refractivity contribution in [2.75, 3.05) is 34.5 Å². The lowest BCUT2D eigenvalue weighted by Crippen LogP contribution is -2.27. The van der Waals surface area contributed by atoms with Crippen LogP contribution in [0.15, 0.2) is 29.2 Å². The van der Waals surface area contributed by atoms with Crippen LogP contribution < -0.4 is 15.4 Å². The largest absolute Gasteiger partial charge is 0.369 e. The first-order valence-electron chi connectivity index (χ1n) is 10.7. The predicted molar refractivity (Wildman–Crippen MR) is 131 cm³/mol. The lowest BCUT2D eigenvalue weighted by molar-refractivity contribution is 0.0992. The number of anilines is 2. The number of primary amides is 1. The minimum atomic E-state index is -3.98. The van der Waals surface area contributed by atoms with E-state index in [0.717, 1.165) is 24.9 Å². The van der Waals surface area contributed by atoms with Gasteiger partial charge in [0.25, 0.3) is 15.9 Å². The summed E-state index contributed by atoms with van der Waals surface area (Å²) in [5.41, 5.74) is 6.50. The van der Waals surface area contributed by atoms with E-state index in [2.05, 4.69) is 9.71 Å². The van der Waals surface area contributed by atoms with Gasteiger partial charge in [0, 0.05) is 43.5 Å². The zero-order valence-corrected chi connectivity index (χ0v) is 20.8. The Morgan fingerprint density at radius 2 is 1.75 bits per heavy atom. The predicted octanol–water partition coefficient (Wildman–Crippen LogP) is 3.82. The molecule has 1 aromatic heterocycles. The number of nitrogens with zero attached hydrogens (tertiary/aromatic N) is 3. The highest BCUT2D eigenvalue weighted by atomic mass is 35.5. The molecule has 3 N–H and O–H groups in total. The molecule has 0 saturated carbocycles. The van der Waals surface area contributed by atoms with Crippen molar-refractivity contribution < 1.29 is 13.2 Å². The molecule has 1 heterocycles. The number of carbonyl (C=O) groups excluding carboxylic acids is 1. The van der Waals surface area contributed by atoms with E-state index in [0.29, 0.717) is 43.6 Å². The van der Waals surface area contributed by atoms with Crippen LogP contribution in [-0.4, -0.2) is 48.7 Å². The molecule has 0 unspecified atom stereocenters. The van der Waals surface area contributed by atoms with Crippen LogP contribution in [0.3, 0.4) is 0 Å². The fraction of sp³-hybridized carbons (Fsp3) is 0.524. The molecule has 11 heteroatoms. The van der Waals surface area contributed by atoms with Crippen LogP contribution in [0, 0.1) is 0 Å². The van der Waals surface area contributed by atoms with Crippen LogP contribution in [-0.2, 0) is 23.0 Å². The number of amides is 1. The van der Waals surface area contributed by atoms with Gasteiger partial charge in [-0.05, 0) is 37.1 Å². The number of nitrogens with one attached hydrogen (secondary N) is 1. The van der Waals surface area contributed by atoms with Gasteiger partial charge in [0.15, 0.2) is 11.5 Å². The minimum Gasteiger partial charge on any atom is -0.369 e. The number of carbonyl (C=O) groups is 1. The van der Waals surface area contributed by atoms with E-state index >= 15 is 0 Å². The van der Waals surface area contributed by atoms with Gasteiger partial charge in [-0.15, -0.1) is 23.2 Å². The summed E-state index contributed by atoms with van der Waals surface area (Å²) in [6.45, 7) is 5.76. The van der Waals surface area contributed by atoms with Crippen LogP contribution >= 0.6 is 23.2 Å². The molecule has 0 aliphatic carbocycles. The molecule has 1 aromatic carbocycles. The normalized spacial score (nSPS) is 11.5. The maximum absolute atomic E-state index is 13.0. The summed E-state index contributed by atoms with van der Waals surface area (Å²) in [4.78, 5) is 18.6. The van der Waals surface area contributed by atoms with Crippen LogP contribution in [0.5, 0.6) is 0 Å². The molecule has 0 spiro atoms. The molecule has 0 radical (unpaired) electrons. The van der Waals surface area contributed by atoms with Crippen molar-refractivity contribution >= 4 is 50.6 Å². The summed E-state index contributed by atoms with van der Waals surface area (Å²) in [6.07, 6.45) is 3.15. The number of halogens is 2.